The van der Waals surface area contributed by atoms with Crippen molar-refractivity contribution >= 4 is 34.8 Å². The molecule has 5 rings (SSSR count). The number of pyridine rings is 1. The molecular formula is C25H28N4O4S. The number of rotatable bonds is 7. The molecule has 2 fully saturated rings. The van der Waals surface area contributed by atoms with E-state index in [-0.39, 0.29) is 11.1 Å². The quantitative estimate of drug-likeness (QED) is 0.517. The van der Waals surface area contributed by atoms with Crippen molar-refractivity contribution in [2.24, 2.45) is 0 Å². The number of aromatic nitrogens is 3. The van der Waals surface area contributed by atoms with E-state index in [0.717, 1.165) is 23.4 Å². The molecule has 178 valence electrons. The molecule has 0 amide bonds. The SMILES string of the molecule is CC(=Cc1c(N2CCOCC2)nc2cc(CCc3nc(C4CCC4)cs3)ccn2c1=O)C(=O)O. The Morgan fingerprint density at radius 1 is 1.26 bits per heavy atom. The second kappa shape index (κ2) is 9.68. The van der Waals surface area contributed by atoms with Crippen molar-refractivity contribution in [1.82, 2.24) is 14.4 Å². The average molecular weight is 481 g/mol. The number of anilines is 1. The van der Waals surface area contributed by atoms with Crippen molar-refractivity contribution in [3.63, 3.8) is 0 Å². The van der Waals surface area contributed by atoms with Crippen LogP contribution in [0.3, 0.4) is 0 Å². The Kier molecular flexibility index (Phi) is 6.47. The Labute approximate surface area is 201 Å². The number of carbonyl (C=O) groups is 1. The van der Waals surface area contributed by atoms with E-state index in [2.05, 4.69) is 5.38 Å². The molecular weight excluding hydrogens is 452 g/mol. The number of ether oxygens (including phenoxy) is 1. The number of thiazole rings is 1. The topological polar surface area (TPSA) is 97.0 Å². The molecule has 2 aliphatic rings. The smallest absolute Gasteiger partial charge is 0.331 e. The summed E-state index contributed by atoms with van der Waals surface area (Å²) in [6, 6.07) is 3.88. The van der Waals surface area contributed by atoms with Crippen molar-refractivity contribution in [3.8, 4) is 0 Å². The van der Waals surface area contributed by atoms with Gasteiger partial charge in [-0.3, -0.25) is 9.20 Å². The molecule has 3 aromatic rings. The Bertz CT molecular complexity index is 1300. The van der Waals surface area contributed by atoms with Crippen LogP contribution in [-0.2, 0) is 22.4 Å². The molecule has 3 aromatic heterocycles. The van der Waals surface area contributed by atoms with E-state index in [0.29, 0.717) is 49.2 Å². The molecule has 9 heteroatoms. The fourth-order valence-electron chi connectivity index (χ4n) is 4.34. The van der Waals surface area contributed by atoms with Crippen LogP contribution < -0.4 is 10.5 Å². The first-order valence-electron chi connectivity index (χ1n) is 11.7. The molecule has 0 bridgehead atoms. The van der Waals surface area contributed by atoms with Crippen LogP contribution in [0.2, 0.25) is 0 Å². The summed E-state index contributed by atoms with van der Waals surface area (Å²) in [5, 5.41) is 12.7. The van der Waals surface area contributed by atoms with Crippen LogP contribution in [0.25, 0.3) is 11.7 Å². The monoisotopic (exact) mass is 480 g/mol. The van der Waals surface area contributed by atoms with Gasteiger partial charge in [-0.2, -0.15) is 0 Å². The van der Waals surface area contributed by atoms with Crippen LogP contribution in [0.4, 0.5) is 5.82 Å². The molecule has 34 heavy (non-hydrogen) atoms. The second-order valence-corrected chi connectivity index (χ2v) is 9.89. The maximum Gasteiger partial charge on any atom is 0.331 e. The maximum absolute atomic E-state index is 13.4. The van der Waals surface area contributed by atoms with Crippen LogP contribution in [-0.4, -0.2) is 51.7 Å². The Morgan fingerprint density at radius 2 is 2.06 bits per heavy atom. The number of aliphatic carboxylic acids is 1. The van der Waals surface area contributed by atoms with Gasteiger partial charge in [0, 0.05) is 42.6 Å². The van der Waals surface area contributed by atoms with Gasteiger partial charge in [0.05, 0.1) is 29.5 Å². The van der Waals surface area contributed by atoms with Crippen LogP contribution in [0.5, 0.6) is 0 Å². The zero-order valence-corrected chi connectivity index (χ0v) is 20.0. The highest BCUT2D eigenvalue weighted by Crippen LogP contribution is 2.36. The minimum absolute atomic E-state index is 0.0923. The minimum atomic E-state index is -1.06. The minimum Gasteiger partial charge on any atom is -0.478 e. The summed E-state index contributed by atoms with van der Waals surface area (Å²) < 4.78 is 6.94. The van der Waals surface area contributed by atoms with Gasteiger partial charge in [-0.15, -0.1) is 11.3 Å². The third-order valence-corrected chi connectivity index (χ3v) is 7.57. The van der Waals surface area contributed by atoms with Crippen LogP contribution >= 0.6 is 11.3 Å². The van der Waals surface area contributed by atoms with Crippen molar-refractivity contribution in [2.75, 3.05) is 31.2 Å². The lowest BCUT2D eigenvalue weighted by molar-refractivity contribution is -0.132. The van der Waals surface area contributed by atoms with E-state index in [4.69, 9.17) is 14.7 Å². The van der Waals surface area contributed by atoms with E-state index in [1.807, 2.05) is 17.0 Å². The molecule has 1 saturated heterocycles. The summed E-state index contributed by atoms with van der Waals surface area (Å²) in [6.07, 6.45) is 8.64. The Morgan fingerprint density at radius 3 is 2.76 bits per heavy atom. The van der Waals surface area contributed by atoms with Gasteiger partial charge >= 0.3 is 5.97 Å². The highest BCUT2D eigenvalue weighted by Gasteiger charge is 2.22. The van der Waals surface area contributed by atoms with Gasteiger partial charge in [0.2, 0.25) is 0 Å². The van der Waals surface area contributed by atoms with Gasteiger partial charge < -0.3 is 14.7 Å². The lowest BCUT2D eigenvalue weighted by Crippen LogP contribution is -2.38. The first-order valence-corrected chi connectivity index (χ1v) is 12.6. The van der Waals surface area contributed by atoms with E-state index in [9.17, 15) is 14.7 Å². The summed E-state index contributed by atoms with van der Waals surface area (Å²) in [5.74, 6) is 0.0971. The van der Waals surface area contributed by atoms with Crippen molar-refractivity contribution in [2.45, 2.75) is 44.9 Å². The normalized spacial score (nSPS) is 17.2. The number of carboxylic acid groups (broad SMARTS) is 1. The van der Waals surface area contributed by atoms with Crippen LogP contribution in [0, 0.1) is 0 Å². The molecule has 0 spiro atoms. The maximum atomic E-state index is 13.4. The van der Waals surface area contributed by atoms with Crippen molar-refractivity contribution in [1.29, 1.82) is 0 Å². The number of nitrogens with zero attached hydrogens (tertiary/aromatic N) is 4. The zero-order valence-electron chi connectivity index (χ0n) is 19.2. The average Bonchev–Trinajstić information content (AvgIpc) is 3.26. The summed E-state index contributed by atoms with van der Waals surface area (Å²) >= 11 is 1.73. The highest BCUT2D eigenvalue weighted by atomic mass is 32.1. The molecule has 0 unspecified atom stereocenters. The zero-order chi connectivity index (χ0) is 23.7. The van der Waals surface area contributed by atoms with Gasteiger partial charge in [0.1, 0.15) is 11.5 Å². The number of aryl methyl sites for hydroxylation is 2. The first-order chi connectivity index (χ1) is 16.5. The molecule has 1 aliphatic heterocycles. The summed E-state index contributed by atoms with van der Waals surface area (Å²) in [6.45, 7) is 3.76. The summed E-state index contributed by atoms with van der Waals surface area (Å²) in [5.41, 5.74) is 3.00. The second-order valence-electron chi connectivity index (χ2n) is 8.94. The van der Waals surface area contributed by atoms with Gasteiger partial charge in [-0.05, 0) is 50.0 Å². The van der Waals surface area contributed by atoms with E-state index in [1.165, 1.54) is 42.4 Å². The van der Waals surface area contributed by atoms with Gasteiger partial charge in [-0.25, -0.2) is 14.8 Å². The molecule has 1 N–H and O–H groups in total. The first kappa shape index (κ1) is 22.7. The number of hydrogen-bond acceptors (Lipinski definition) is 7. The van der Waals surface area contributed by atoms with E-state index >= 15 is 0 Å². The summed E-state index contributed by atoms with van der Waals surface area (Å²) in [4.78, 5) is 36.4. The molecule has 0 aromatic carbocycles. The Hall–Kier alpha value is -3.04. The van der Waals surface area contributed by atoms with Gasteiger partial charge in [-0.1, -0.05) is 6.42 Å². The summed E-state index contributed by atoms with van der Waals surface area (Å²) in [7, 11) is 0. The predicted molar refractivity (Wildman–Crippen MR) is 132 cm³/mol. The number of carboxylic acids is 1. The van der Waals surface area contributed by atoms with Crippen molar-refractivity contribution < 1.29 is 14.6 Å². The fourth-order valence-corrected chi connectivity index (χ4v) is 5.22. The molecule has 1 aliphatic carbocycles. The number of morpholine rings is 1. The predicted octanol–water partition coefficient (Wildman–Crippen LogP) is 3.53. The van der Waals surface area contributed by atoms with Crippen molar-refractivity contribution in [3.05, 3.63) is 61.5 Å². The van der Waals surface area contributed by atoms with Gasteiger partial charge in [0.15, 0.2) is 0 Å². The molecule has 0 radical (unpaired) electrons. The lowest BCUT2D eigenvalue weighted by atomic mass is 9.83. The Balaban J connectivity index is 1.46. The van der Waals surface area contributed by atoms with Crippen LogP contribution in [0.15, 0.2) is 34.1 Å². The molecule has 1 saturated carbocycles. The van der Waals surface area contributed by atoms with E-state index in [1.54, 1.807) is 17.5 Å². The number of fused-ring (bicyclic) bond motifs is 1. The number of hydrogen-bond donors (Lipinski definition) is 1. The fraction of sp³-hybridized carbons (Fsp3) is 0.440. The lowest BCUT2D eigenvalue weighted by Gasteiger charge is -2.29. The van der Waals surface area contributed by atoms with Gasteiger partial charge in [0.25, 0.3) is 5.56 Å². The standard InChI is InChI=1S/C25H28N4O4S/c1-16(25(31)32)13-19-23(28-9-11-33-12-10-28)27-21-14-17(7-8-29(21)24(19)30)5-6-22-26-20(15-34-22)18-3-2-4-18/h7-8,13-15,18H,2-6,9-12H2,1H3,(H,31,32). The van der Waals surface area contributed by atoms with Crippen LogP contribution in [0.1, 0.15) is 53.9 Å². The third-order valence-electron chi connectivity index (χ3n) is 6.64. The van der Waals surface area contributed by atoms with E-state index < -0.39 is 5.97 Å². The molecule has 8 nitrogen and oxygen atoms in total. The largest absolute Gasteiger partial charge is 0.478 e. The molecule has 4 heterocycles. The third kappa shape index (κ3) is 4.63. The molecule has 0 atom stereocenters. The highest BCUT2D eigenvalue weighted by molar-refractivity contribution is 7.09.